The summed E-state index contributed by atoms with van der Waals surface area (Å²) in [6.45, 7) is 3.94. The first-order valence-corrected chi connectivity index (χ1v) is 6.63. The Labute approximate surface area is 105 Å². The van der Waals surface area contributed by atoms with Gasteiger partial charge in [0.05, 0.1) is 0 Å². The molecule has 1 aliphatic carbocycles. The van der Waals surface area contributed by atoms with Crippen molar-refractivity contribution in [3.05, 3.63) is 33.8 Å². The molecular formula is C14H17BrO. The Hall–Kier alpha value is -0.630. The van der Waals surface area contributed by atoms with Crippen LogP contribution in [0.25, 0.3) is 0 Å². The number of Topliss-reactive ketones (excluding diaryl/α,β-unsaturated/α-hetero) is 1. The van der Waals surface area contributed by atoms with Crippen LogP contribution < -0.4 is 0 Å². The van der Waals surface area contributed by atoms with E-state index in [0.717, 1.165) is 10.0 Å². The molecule has 2 rings (SSSR count). The summed E-state index contributed by atoms with van der Waals surface area (Å²) in [5.41, 5.74) is 2.32. The van der Waals surface area contributed by atoms with Gasteiger partial charge in [-0.05, 0) is 42.9 Å². The molecule has 0 amide bonds. The topological polar surface area (TPSA) is 17.1 Å². The Morgan fingerprint density at radius 2 is 1.94 bits per heavy atom. The third kappa shape index (κ3) is 2.08. The van der Waals surface area contributed by atoms with Gasteiger partial charge < -0.3 is 0 Å². The fourth-order valence-corrected chi connectivity index (χ4v) is 3.11. The number of hydrogen-bond acceptors (Lipinski definition) is 1. The van der Waals surface area contributed by atoms with Crippen molar-refractivity contribution in [1.29, 1.82) is 0 Å². The number of halogens is 1. The van der Waals surface area contributed by atoms with Crippen LogP contribution in [0.15, 0.2) is 22.7 Å². The minimum atomic E-state index is 0.177. The predicted octanol–water partition coefficient (Wildman–Crippen LogP) is 4.48. The van der Waals surface area contributed by atoms with Crippen LogP contribution in [0.3, 0.4) is 0 Å². The molecule has 0 spiro atoms. The van der Waals surface area contributed by atoms with Crippen LogP contribution in [-0.2, 0) is 5.41 Å². The third-order valence-electron chi connectivity index (χ3n) is 3.72. The normalized spacial score (nSPS) is 18.7. The smallest absolute Gasteiger partial charge is 0.160 e. The molecule has 1 aromatic carbocycles. The lowest BCUT2D eigenvalue weighted by Crippen LogP contribution is -2.20. The molecule has 0 unspecified atom stereocenters. The van der Waals surface area contributed by atoms with Crippen LogP contribution in [0.1, 0.15) is 55.5 Å². The Balaban J connectivity index is 2.52. The summed E-state index contributed by atoms with van der Waals surface area (Å²) in [5.74, 6) is 0.177. The fraction of sp³-hybridized carbons (Fsp3) is 0.500. The average molecular weight is 281 g/mol. The molecule has 0 radical (unpaired) electrons. The van der Waals surface area contributed by atoms with E-state index in [1.54, 1.807) is 6.92 Å². The molecule has 1 aromatic rings. The van der Waals surface area contributed by atoms with E-state index in [2.05, 4.69) is 28.9 Å². The number of carbonyl (C=O) groups excluding carboxylic acids is 1. The Kier molecular flexibility index (Phi) is 3.20. The van der Waals surface area contributed by atoms with Gasteiger partial charge in [0.15, 0.2) is 5.78 Å². The largest absolute Gasteiger partial charge is 0.295 e. The minimum Gasteiger partial charge on any atom is -0.295 e. The SMILES string of the molecule is CC(=O)c1ccc(Br)cc1C1(C)CCCC1. The molecule has 0 N–H and O–H groups in total. The van der Waals surface area contributed by atoms with E-state index >= 15 is 0 Å². The predicted molar refractivity (Wildman–Crippen MR) is 70.0 cm³/mol. The second-order valence-electron chi connectivity index (χ2n) is 5.01. The van der Waals surface area contributed by atoms with E-state index < -0.39 is 0 Å². The van der Waals surface area contributed by atoms with E-state index in [0.29, 0.717) is 0 Å². The van der Waals surface area contributed by atoms with Gasteiger partial charge in [0.2, 0.25) is 0 Å². The molecule has 0 saturated heterocycles. The summed E-state index contributed by atoms with van der Waals surface area (Å²) in [4.78, 5) is 11.7. The van der Waals surface area contributed by atoms with Crippen LogP contribution in [0.5, 0.6) is 0 Å². The summed E-state index contributed by atoms with van der Waals surface area (Å²) in [6.07, 6.45) is 4.95. The standard InChI is InChI=1S/C14H17BrO/c1-10(16)12-6-5-11(15)9-13(12)14(2)7-3-4-8-14/h5-6,9H,3-4,7-8H2,1-2H3. The van der Waals surface area contributed by atoms with Crippen molar-refractivity contribution >= 4 is 21.7 Å². The van der Waals surface area contributed by atoms with Crippen LogP contribution in [0.4, 0.5) is 0 Å². The van der Waals surface area contributed by atoms with Crippen molar-refractivity contribution in [3.63, 3.8) is 0 Å². The lowest BCUT2D eigenvalue weighted by Gasteiger charge is -2.26. The van der Waals surface area contributed by atoms with Gasteiger partial charge in [0.25, 0.3) is 0 Å². The van der Waals surface area contributed by atoms with E-state index in [-0.39, 0.29) is 11.2 Å². The van der Waals surface area contributed by atoms with Gasteiger partial charge in [-0.1, -0.05) is 41.8 Å². The lowest BCUT2D eigenvalue weighted by molar-refractivity contribution is 0.101. The molecule has 1 nitrogen and oxygen atoms in total. The Morgan fingerprint density at radius 3 is 2.50 bits per heavy atom. The zero-order valence-corrected chi connectivity index (χ0v) is 11.4. The maximum atomic E-state index is 11.7. The number of carbonyl (C=O) groups is 1. The van der Waals surface area contributed by atoms with Crippen molar-refractivity contribution in [3.8, 4) is 0 Å². The monoisotopic (exact) mass is 280 g/mol. The lowest BCUT2D eigenvalue weighted by atomic mass is 9.78. The first-order valence-electron chi connectivity index (χ1n) is 5.84. The number of hydrogen-bond donors (Lipinski definition) is 0. The van der Waals surface area contributed by atoms with Gasteiger partial charge in [-0.3, -0.25) is 4.79 Å². The van der Waals surface area contributed by atoms with Gasteiger partial charge in [-0.25, -0.2) is 0 Å². The first kappa shape index (κ1) is 11.8. The molecule has 0 atom stereocenters. The number of ketones is 1. The summed E-state index contributed by atoms with van der Waals surface area (Å²) in [7, 11) is 0. The molecule has 0 bridgehead atoms. The average Bonchev–Trinajstić information content (AvgIpc) is 2.66. The van der Waals surface area contributed by atoms with Crippen molar-refractivity contribution < 1.29 is 4.79 Å². The highest BCUT2D eigenvalue weighted by atomic mass is 79.9. The van der Waals surface area contributed by atoms with Crippen LogP contribution in [0, 0.1) is 0 Å². The van der Waals surface area contributed by atoms with Gasteiger partial charge in [0.1, 0.15) is 0 Å². The van der Waals surface area contributed by atoms with Crippen molar-refractivity contribution in [1.82, 2.24) is 0 Å². The van der Waals surface area contributed by atoms with Crippen molar-refractivity contribution in [2.75, 3.05) is 0 Å². The van der Waals surface area contributed by atoms with Gasteiger partial charge in [0, 0.05) is 10.0 Å². The molecule has 86 valence electrons. The second kappa shape index (κ2) is 4.33. The second-order valence-corrected chi connectivity index (χ2v) is 5.93. The zero-order valence-electron chi connectivity index (χ0n) is 9.85. The summed E-state index contributed by atoms with van der Waals surface area (Å²) in [6, 6.07) is 6.03. The number of rotatable bonds is 2. The van der Waals surface area contributed by atoms with Crippen LogP contribution in [-0.4, -0.2) is 5.78 Å². The van der Waals surface area contributed by atoms with Crippen LogP contribution in [0.2, 0.25) is 0 Å². The molecule has 1 aliphatic rings. The molecule has 1 saturated carbocycles. The highest BCUT2D eigenvalue weighted by molar-refractivity contribution is 9.10. The quantitative estimate of drug-likeness (QED) is 0.730. The minimum absolute atomic E-state index is 0.177. The Morgan fingerprint density at radius 1 is 1.31 bits per heavy atom. The van der Waals surface area contributed by atoms with Gasteiger partial charge in [-0.2, -0.15) is 0 Å². The zero-order chi connectivity index (χ0) is 11.8. The summed E-state index contributed by atoms with van der Waals surface area (Å²) >= 11 is 3.51. The molecule has 1 fully saturated rings. The highest BCUT2D eigenvalue weighted by Crippen LogP contribution is 2.42. The fourth-order valence-electron chi connectivity index (χ4n) is 2.75. The molecule has 0 heterocycles. The Bertz CT molecular complexity index is 417. The molecule has 0 aromatic heterocycles. The van der Waals surface area contributed by atoms with E-state index in [9.17, 15) is 4.79 Å². The molecule has 0 aliphatic heterocycles. The maximum Gasteiger partial charge on any atom is 0.160 e. The molecular weight excluding hydrogens is 264 g/mol. The van der Waals surface area contributed by atoms with Gasteiger partial charge in [-0.15, -0.1) is 0 Å². The molecule has 2 heteroatoms. The van der Waals surface area contributed by atoms with Crippen molar-refractivity contribution in [2.45, 2.75) is 44.9 Å². The van der Waals surface area contributed by atoms with E-state index in [4.69, 9.17) is 0 Å². The van der Waals surface area contributed by atoms with Crippen molar-refractivity contribution in [2.24, 2.45) is 0 Å². The summed E-state index contributed by atoms with van der Waals surface area (Å²) < 4.78 is 1.07. The maximum absolute atomic E-state index is 11.7. The highest BCUT2D eigenvalue weighted by Gasteiger charge is 2.33. The molecule has 16 heavy (non-hydrogen) atoms. The van der Waals surface area contributed by atoms with E-state index in [1.165, 1.54) is 31.2 Å². The summed E-state index contributed by atoms with van der Waals surface area (Å²) in [5, 5.41) is 0. The first-order chi connectivity index (χ1) is 7.53. The number of benzene rings is 1. The third-order valence-corrected chi connectivity index (χ3v) is 4.21. The van der Waals surface area contributed by atoms with E-state index in [1.807, 2.05) is 12.1 Å². The van der Waals surface area contributed by atoms with Crippen LogP contribution >= 0.6 is 15.9 Å². The van der Waals surface area contributed by atoms with Gasteiger partial charge >= 0.3 is 0 Å².